The normalized spacial score (nSPS) is 16.7. The van der Waals surface area contributed by atoms with Gasteiger partial charge < -0.3 is 14.8 Å². The summed E-state index contributed by atoms with van der Waals surface area (Å²) in [7, 11) is 0. The van der Waals surface area contributed by atoms with E-state index in [2.05, 4.69) is 20.5 Å². The van der Waals surface area contributed by atoms with E-state index in [0.29, 0.717) is 29.8 Å². The van der Waals surface area contributed by atoms with E-state index in [0.717, 1.165) is 30.3 Å². The molecule has 0 saturated heterocycles. The van der Waals surface area contributed by atoms with Gasteiger partial charge in [-0.05, 0) is 24.5 Å². The van der Waals surface area contributed by atoms with E-state index in [1.165, 1.54) is 43.9 Å². The number of nitrogens with zero attached hydrogens (tertiary/aromatic N) is 2. The number of fused-ring (bicyclic) bond motifs is 1. The molecular weight excluding hydrogens is 376 g/mol. The van der Waals surface area contributed by atoms with Gasteiger partial charge in [-0.25, -0.2) is 4.98 Å². The number of aryl methyl sites for hydroxylation is 1. The minimum absolute atomic E-state index is 0.100. The van der Waals surface area contributed by atoms with Crippen molar-refractivity contribution in [2.75, 3.05) is 24.3 Å². The first-order valence-corrected chi connectivity index (χ1v) is 11.0. The Morgan fingerprint density at radius 3 is 2.86 bits per heavy atom. The second-order valence-corrected chi connectivity index (χ2v) is 8.25. The molecule has 1 saturated carbocycles. The topological polar surface area (TPSA) is 89.1 Å². The molecule has 0 unspecified atom stereocenters. The van der Waals surface area contributed by atoms with Crippen molar-refractivity contribution in [3.63, 3.8) is 0 Å². The fourth-order valence-corrected chi connectivity index (χ4v) is 4.28. The zero-order valence-corrected chi connectivity index (χ0v) is 16.7. The number of ether oxygens (including phenoxy) is 2. The third-order valence-electron chi connectivity index (χ3n) is 5.14. The van der Waals surface area contributed by atoms with Crippen LogP contribution in [0.25, 0.3) is 0 Å². The third-order valence-corrected chi connectivity index (χ3v) is 5.99. The lowest BCUT2D eigenvalue weighted by atomic mass is 10.0. The fourth-order valence-electron chi connectivity index (χ4n) is 3.66. The average molecular weight is 403 g/mol. The third kappa shape index (κ3) is 5.19. The van der Waals surface area contributed by atoms with Crippen LogP contribution < -0.4 is 14.8 Å². The maximum Gasteiger partial charge on any atom is 0.234 e. The zero-order valence-electron chi connectivity index (χ0n) is 15.9. The lowest BCUT2D eigenvalue weighted by molar-refractivity contribution is -0.113. The summed E-state index contributed by atoms with van der Waals surface area (Å²) in [5.74, 6) is 3.30. The molecule has 2 heterocycles. The smallest absolute Gasteiger partial charge is 0.234 e. The van der Waals surface area contributed by atoms with Crippen molar-refractivity contribution in [3.05, 3.63) is 24.0 Å². The number of aromatic nitrogens is 3. The van der Waals surface area contributed by atoms with E-state index in [1.54, 1.807) is 6.07 Å². The van der Waals surface area contributed by atoms with E-state index in [1.807, 2.05) is 12.1 Å². The van der Waals surface area contributed by atoms with Gasteiger partial charge in [0.15, 0.2) is 11.5 Å². The van der Waals surface area contributed by atoms with Crippen LogP contribution in [-0.2, 0) is 11.2 Å². The Morgan fingerprint density at radius 1 is 1.18 bits per heavy atom. The highest BCUT2D eigenvalue weighted by Gasteiger charge is 2.16. The van der Waals surface area contributed by atoms with E-state index in [-0.39, 0.29) is 11.7 Å². The monoisotopic (exact) mass is 402 g/mol. The number of rotatable bonds is 7. The number of amides is 1. The summed E-state index contributed by atoms with van der Waals surface area (Å²) in [4.78, 5) is 16.8. The van der Waals surface area contributed by atoms with Gasteiger partial charge in [-0.2, -0.15) is 0 Å². The SMILES string of the molecule is O=C(CSc1n[nH]c(CCC2CCCC2)n1)Nc1ccc2c(c1)OCCCO2. The van der Waals surface area contributed by atoms with E-state index in [9.17, 15) is 4.79 Å². The van der Waals surface area contributed by atoms with Gasteiger partial charge in [0, 0.05) is 24.6 Å². The predicted octanol–water partition coefficient (Wildman–Crippen LogP) is 3.82. The minimum Gasteiger partial charge on any atom is -0.490 e. The maximum atomic E-state index is 12.3. The summed E-state index contributed by atoms with van der Waals surface area (Å²) in [6.07, 6.45) is 8.37. The molecule has 8 heteroatoms. The lowest BCUT2D eigenvalue weighted by Gasteiger charge is -2.10. The van der Waals surface area contributed by atoms with Gasteiger partial charge >= 0.3 is 0 Å². The molecule has 2 aromatic rings. The minimum atomic E-state index is -0.100. The molecule has 0 atom stereocenters. The summed E-state index contributed by atoms with van der Waals surface area (Å²) < 4.78 is 11.3. The molecule has 0 bridgehead atoms. The van der Waals surface area contributed by atoms with Crippen LogP contribution in [0.1, 0.15) is 44.3 Å². The molecule has 1 amide bonds. The van der Waals surface area contributed by atoms with Crippen molar-refractivity contribution in [2.24, 2.45) is 5.92 Å². The maximum absolute atomic E-state index is 12.3. The molecule has 1 aliphatic heterocycles. The molecule has 1 aromatic heterocycles. The Morgan fingerprint density at radius 2 is 2.00 bits per heavy atom. The van der Waals surface area contributed by atoms with E-state index >= 15 is 0 Å². The van der Waals surface area contributed by atoms with Gasteiger partial charge in [0.05, 0.1) is 19.0 Å². The number of hydrogen-bond donors (Lipinski definition) is 2. The molecule has 150 valence electrons. The quantitative estimate of drug-likeness (QED) is 0.685. The van der Waals surface area contributed by atoms with Gasteiger partial charge in [0.1, 0.15) is 5.82 Å². The van der Waals surface area contributed by atoms with E-state index < -0.39 is 0 Å². The molecule has 4 rings (SSSR count). The Labute approximate surface area is 169 Å². The molecule has 0 spiro atoms. The van der Waals surface area contributed by atoms with Crippen LogP contribution >= 0.6 is 11.8 Å². The van der Waals surface area contributed by atoms with Gasteiger partial charge in [-0.15, -0.1) is 5.10 Å². The van der Waals surface area contributed by atoms with Crippen molar-refractivity contribution in [2.45, 2.75) is 50.1 Å². The summed E-state index contributed by atoms with van der Waals surface area (Å²) in [5.41, 5.74) is 0.696. The molecule has 7 nitrogen and oxygen atoms in total. The number of anilines is 1. The van der Waals surface area contributed by atoms with Crippen molar-refractivity contribution in [3.8, 4) is 11.5 Å². The first-order valence-electron chi connectivity index (χ1n) is 10.00. The number of hydrogen-bond acceptors (Lipinski definition) is 6. The van der Waals surface area contributed by atoms with Gasteiger partial charge in [0.25, 0.3) is 0 Å². The number of H-pyrrole nitrogens is 1. The highest BCUT2D eigenvalue weighted by atomic mass is 32.2. The Balaban J connectivity index is 1.24. The first-order chi connectivity index (χ1) is 13.8. The van der Waals surface area contributed by atoms with Crippen molar-refractivity contribution in [1.82, 2.24) is 15.2 Å². The molecule has 2 N–H and O–H groups in total. The average Bonchev–Trinajstić information content (AvgIpc) is 3.32. The van der Waals surface area contributed by atoms with Crippen LogP contribution in [0.15, 0.2) is 23.4 Å². The second kappa shape index (κ2) is 9.32. The Bertz CT molecular complexity index is 804. The van der Waals surface area contributed by atoms with Crippen molar-refractivity contribution < 1.29 is 14.3 Å². The predicted molar refractivity (Wildman–Crippen MR) is 108 cm³/mol. The number of carbonyl (C=O) groups excluding carboxylic acids is 1. The molecule has 1 aromatic carbocycles. The number of benzene rings is 1. The van der Waals surface area contributed by atoms with Crippen molar-refractivity contribution in [1.29, 1.82) is 0 Å². The van der Waals surface area contributed by atoms with Crippen LogP contribution in [0, 0.1) is 5.92 Å². The van der Waals surface area contributed by atoms with Crippen LogP contribution in [0.4, 0.5) is 5.69 Å². The van der Waals surface area contributed by atoms with Crippen LogP contribution in [0.3, 0.4) is 0 Å². The van der Waals surface area contributed by atoms with E-state index in [4.69, 9.17) is 9.47 Å². The first kappa shape index (κ1) is 19.1. The van der Waals surface area contributed by atoms with Gasteiger partial charge in [-0.3, -0.25) is 9.89 Å². The van der Waals surface area contributed by atoms with Gasteiger partial charge in [0.2, 0.25) is 11.1 Å². The highest BCUT2D eigenvalue weighted by Crippen LogP contribution is 2.32. The fraction of sp³-hybridized carbons (Fsp3) is 0.550. The molecule has 28 heavy (non-hydrogen) atoms. The summed E-state index contributed by atoms with van der Waals surface area (Å²) in [5, 5.41) is 10.7. The molecule has 1 aliphatic carbocycles. The Hall–Kier alpha value is -2.22. The van der Waals surface area contributed by atoms with Crippen LogP contribution in [-0.4, -0.2) is 40.1 Å². The van der Waals surface area contributed by atoms with Gasteiger partial charge in [-0.1, -0.05) is 37.4 Å². The van der Waals surface area contributed by atoms with Crippen LogP contribution in [0.5, 0.6) is 11.5 Å². The van der Waals surface area contributed by atoms with Crippen molar-refractivity contribution >= 4 is 23.4 Å². The lowest BCUT2D eigenvalue weighted by Crippen LogP contribution is -2.14. The second-order valence-electron chi connectivity index (χ2n) is 7.30. The van der Waals surface area contributed by atoms with Crippen LogP contribution in [0.2, 0.25) is 0 Å². The zero-order chi connectivity index (χ0) is 19.2. The molecule has 1 fully saturated rings. The number of thioether (sulfide) groups is 1. The summed E-state index contributed by atoms with van der Waals surface area (Å²) >= 11 is 1.34. The molecule has 0 radical (unpaired) electrons. The number of aromatic amines is 1. The highest BCUT2D eigenvalue weighted by molar-refractivity contribution is 7.99. The summed E-state index contributed by atoms with van der Waals surface area (Å²) in [6, 6.07) is 5.45. The summed E-state index contributed by atoms with van der Waals surface area (Å²) in [6.45, 7) is 1.27. The standard InChI is InChI=1S/C20H26N4O3S/c25-19(21-15-7-8-16-17(12-15)27-11-3-10-26-16)13-28-20-22-18(23-24-20)9-6-14-4-1-2-5-14/h7-8,12,14H,1-6,9-11,13H2,(H,21,25)(H,22,23,24). The molecule has 2 aliphatic rings. The largest absolute Gasteiger partial charge is 0.490 e. The number of nitrogens with one attached hydrogen (secondary N) is 2. The molecular formula is C20H26N4O3S. The number of carbonyl (C=O) groups is 1. The Kier molecular flexibility index (Phi) is 6.36.